The van der Waals surface area contributed by atoms with Gasteiger partial charge in [-0.15, -0.1) is 0 Å². The molecule has 2 heterocycles. The van der Waals surface area contributed by atoms with Gasteiger partial charge in [-0.05, 0) is 19.1 Å². The van der Waals surface area contributed by atoms with E-state index in [4.69, 9.17) is 5.73 Å². The number of aromatic nitrogens is 3. The first-order valence-corrected chi connectivity index (χ1v) is 3.99. The van der Waals surface area contributed by atoms with Gasteiger partial charge in [-0.25, -0.2) is 0 Å². The van der Waals surface area contributed by atoms with Gasteiger partial charge in [0.2, 0.25) is 0 Å². The van der Waals surface area contributed by atoms with Gasteiger partial charge in [0.05, 0.1) is 17.6 Å². The van der Waals surface area contributed by atoms with Crippen LogP contribution in [0.1, 0.15) is 5.69 Å². The molecule has 0 radical (unpaired) electrons. The Morgan fingerprint density at radius 2 is 2.15 bits per heavy atom. The number of anilines is 1. The van der Waals surface area contributed by atoms with Gasteiger partial charge >= 0.3 is 0 Å². The second-order valence-corrected chi connectivity index (χ2v) is 2.89. The van der Waals surface area contributed by atoms with E-state index in [1.54, 1.807) is 12.4 Å². The molecule has 2 aromatic rings. The van der Waals surface area contributed by atoms with Gasteiger partial charge in [0.1, 0.15) is 0 Å². The third-order valence-electron chi connectivity index (χ3n) is 1.87. The minimum Gasteiger partial charge on any atom is -0.396 e. The van der Waals surface area contributed by atoms with Crippen molar-refractivity contribution in [2.75, 3.05) is 5.73 Å². The molecular weight excluding hydrogens is 164 g/mol. The first-order valence-electron chi connectivity index (χ1n) is 3.99. The summed E-state index contributed by atoms with van der Waals surface area (Å²) < 4.78 is 0. The fraction of sp³-hybridized carbons (Fsp3) is 0.111. The Bertz CT molecular complexity index is 402. The molecule has 0 saturated carbocycles. The van der Waals surface area contributed by atoms with Crippen LogP contribution in [0.25, 0.3) is 11.3 Å². The van der Waals surface area contributed by atoms with Crippen LogP contribution in [-0.4, -0.2) is 15.2 Å². The molecule has 0 unspecified atom stereocenters. The van der Waals surface area contributed by atoms with E-state index in [2.05, 4.69) is 15.2 Å². The normalized spacial score (nSPS) is 10.2. The van der Waals surface area contributed by atoms with Gasteiger partial charge in [0.25, 0.3) is 0 Å². The van der Waals surface area contributed by atoms with Gasteiger partial charge in [-0.2, -0.15) is 5.10 Å². The molecule has 0 saturated heterocycles. The van der Waals surface area contributed by atoms with Gasteiger partial charge < -0.3 is 5.73 Å². The first kappa shape index (κ1) is 7.79. The Labute approximate surface area is 75.8 Å². The highest BCUT2D eigenvalue weighted by Gasteiger charge is 2.03. The number of nitrogens with zero attached hydrogens (tertiary/aromatic N) is 2. The van der Waals surface area contributed by atoms with E-state index in [1.807, 2.05) is 19.1 Å². The molecule has 13 heavy (non-hydrogen) atoms. The van der Waals surface area contributed by atoms with E-state index < -0.39 is 0 Å². The zero-order valence-electron chi connectivity index (χ0n) is 7.28. The van der Waals surface area contributed by atoms with Crippen molar-refractivity contribution < 1.29 is 0 Å². The highest BCUT2D eigenvalue weighted by atomic mass is 15.1. The molecule has 0 amide bonds. The fourth-order valence-electron chi connectivity index (χ4n) is 1.14. The SMILES string of the molecule is Cc1ccc(-c2[nH]ncc2N)cn1. The summed E-state index contributed by atoms with van der Waals surface area (Å²) in [6, 6.07) is 3.90. The van der Waals surface area contributed by atoms with Gasteiger partial charge in [-0.1, -0.05) is 0 Å². The third-order valence-corrected chi connectivity index (χ3v) is 1.87. The molecule has 0 aliphatic carbocycles. The van der Waals surface area contributed by atoms with Crippen LogP contribution in [0.15, 0.2) is 24.5 Å². The monoisotopic (exact) mass is 174 g/mol. The average Bonchev–Trinajstić information content (AvgIpc) is 2.53. The molecule has 4 heteroatoms. The van der Waals surface area contributed by atoms with E-state index in [0.29, 0.717) is 5.69 Å². The van der Waals surface area contributed by atoms with Gasteiger partial charge in [0, 0.05) is 17.5 Å². The van der Waals surface area contributed by atoms with E-state index in [0.717, 1.165) is 17.0 Å². The summed E-state index contributed by atoms with van der Waals surface area (Å²) in [5.74, 6) is 0. The van der Waals surface area contributed by atoms with Crippen molar-refractivity contribution in [3.8, 4) is 11.3 Å². The molecule has 0 atom stereocenters. The Hall–Kier alpha value is -1.84. The lowest BCUT2D eigenvalue weighted by atomic mass is 10.2. The lowest BCUT2D eigenvalue weighted by Crippen LogP contribution is -1.88. The Morgan fingerprint density at radius 1 is 1.31 bits per heavy atom. The summed E-state index contributed by atoms with van der Waals surface area (Å²) >= 11 is 0. The number of hydrogen-bond acceptors (Lipinski definition) is 3. The predicted octanol–water partition coefficient (Wildman–Crippen LogP) is 1.36. The summed E-state index contributed by atoms with van der Waals surface area (Å²) in [5.41, 5.74) is 9.11. The summed E-state index contributed by atoms with van der Waals surface area (Å²) in [7, 11) is 0. The highest BCUT2D eigenvalue weighted by Crippen LogP contribution is 2.21. The van der Waals surface area contributed by atoms with Crippen LogP contribution in [0.3, 0.4) is 0 Å². The number of hydrogen-bond donors (Lipinski definition) is 2. The Morgan fingerprint density at radius 3 is 2.69 bits per heavy atom. The first-order chi connectivity index (χ1) is 6.27. The molecule has 0 bridgehead atoms. The second kappa shape index (κ2) is 2.90. The molecule has 0 aliphatic heterocycles. The van der Waals surface area contributed by atoms with Crippen molar-refractivity contribution >= 4 is 5.69 Å². The van der Waals surface area contributed by atoms with Crippen LogP contribution in [0.5, 0.6) is 0 Å². The van der Waals surface area contributed by atoms with E-state index >= 15 is 0 Å². The van der Waals surface area contributed by atoms with Gasteiger partial charge in [-0.3, -0.25) is 10.1 Å². The van der Waals surface area contributed by atoms with Crippen molar-refractivity contribution in [3.05, 3.63) is 30.2 Å². The van der Waals surface area contributed by atoms with Crippen LogP contribution < -0.4 is 5.73 Å². The number of nitrogen functional groups attached to an aromatic ring is 1. The molecule has 0 fully saturated rings. The van der Waals surface area contributed by atoms with Crippen molar-refractivity contribution in [1.29, 1.82) is 0 Å². The number of aromatic amines is 1. The zero-order valence-corrected chi connectivity index (χ0v) is 7.28. The van der Waals surface area contributed by atoms with Crippen molar-refractivity contribution in [2.45, 2.75) is 6.92 Å². The average molecular weight is 174 g/mol. The molecule has 0 aromatic carbocycles. The van der Waals surface area contributed by atoms with Crippen LogP contribution in [0.4, 0.5) is 5.69 Å². The van der Waals surface area contributed by atoms with Crippen LogP contribution in [0, 0.1) is 6.92 Å². The van der Waals surface area contributed by atoms with Crippen molar-refractivity contribution in [3.63, 3.8) is 0 Å². The largest absolute Gasteiger partial charge is 0.396 e. The van der Waals surface area contributed by atoms with Crippen LogP contribution in [-0.2, 0) is 0 Å². The molecule has 0 aliphatic rings. The predicted molar refractivity (Wildman–Crippen MR) is 51.0 cm³/mol. The van der Waals surface area contributed by atoms with E-state index in [9.17, 15) is 0 Å². The topological polar surface area (TPSA) is 67.6 Å². The maximum Gasteiger partial charge on any atom is 0.0895 e. The summed E-state index contributed by atoms with van der Waals surface area (Å²) in [5, 5.41) is 6.67. The van der Waals surface area contributed by atoms with Crippen molar-refractivity contribution in [1.82, 2.24) is 15.2 Å². The Kier molecular flexibility index (Phi) is 1.73. The van der Waals surface area contributed by atoms with Gasteiger partial charge in [0.15, 0.2) is 0 Å². The molecular formula is C9H10N4. The lowest BCUT2D eigenvalue weighted by Gasteiger charge is -1.98. The van der Waals surface area contributed by atoms with Crippen LogP contribution in [0.2, 0.25) is 0 Å². The molecule has 2 aromatic heterocycles. The molecule has 2 rings (SSSR count). The summed E-state index contributed by atoms with van der Waals surface area (Å²) in [6.45, 7) is 1.94. The van der Waals surface area contributed by atoms with Crippen molar-refractivity contribution in [2.24, 2.45) is 0 Å². The maximum atomic E-state index is 5.69. The summed E-state index contributed by atoms with van der Waals surface area (Å²) in [6.07, 6.45) is 3.37. The number of aryl methyl sites for hydroxylation is 1. The lowest BCUT2D eigenvalue weighted by molar-refractivity contribution is 1.09. The number of nitrogens with one attached hydrogen (secondary N) is 1. The molecule has 3 N–H and O–H groups in total. The molecule has 4 nitrogen and oxygen atoms in total. The number of pyridine rings is 1. The van der Waals surface area contributed by atoms with Crippen LogP contribution >= 0.6 is 0 Å². The standard InChI is InChI=1S/C9H10N4/c1-6-2-3-7(4-11-6)9-8(10)5-12-13-9/h2-5H,10H2,1H3,(H,12,13). The number of H-pyrrole nitrogens is 1. The minimum atomic E-state index is 0.644. The van der Waals surface area contributed by atoms with E-state index in [-0.39, 0.29) is 0 Å². The molecule has 0 spiro atoms. The number of nitrogens with two attached hydrogens (primary N) is 1. The summed E-state index contributed by atoms with van der Waals surface area (Å²) in [4.78, 5) is 4.17. The zero-order chi connectivity index (χ0) is 9.26. The smallest absolute Gasteiger partial charge is 0.0895 e. The molecule has 66 valence electrons. The minimum absolute atomic E-state index is 0.644. The van der Waals surface area contributed by atoms with E-state index in [1.165, 1.54) is 0 Å². The fourth-order valence-corrected chi connectivity index (χ4v) is 1.14. The second-order valence-electron chi connectivity index (χ2n) is 2.89. The maximum absolute atomic E-state index is 5.69. The third kappa shape index (κ3) is 1.38. The highest BCUT2D eigenvalue weighted by molar-refractivity contribution is 5.70. The Balaban J connectivity index is 2.47. The quantitative estimate of drug-likeness (QED) is 0.686. The number of rotatable bonds is 1.